The molecule has 1 saturated heterocycles. The lowest BCUT2D eigenvalue weighted by Gasteiger charge is -2.37. The SMILES string of the molecule is CCCNCC1(CCCOCC(F)(F)F)CCOCC1. The van der Waals surface area contributed by atoms with Crippen LogP contribution in [0.3, 0.4) is 0 Å². The second-order valence-corrected chi connectivity index (χ2v) is 5.56. The minimum absolute atomic E-state index is 0.162. The first-order valence-electron chi connectivity index (χ1n) is 7.40. The molecule has 0 atom stereocenters. The lowest BCUT2D eigenvalue weighted by molar-refractivity contribution is -0.174. The zero-order chi connectivity index (χ0) is 14.9. The summed E-state index contributed by atoms with van der Waals surface area (Å²) in [6.45, 7) is 4.55. The van der Waals surface area contributed by atoms with E-state index in [0.717, 1.165) is 52.0 Å². The van der Waals surface area contributed by atoms with Crippen molar-refractivity contribution in [3.63, 3.8) is 0 Å². The predicted octanol–water partition coefficient (Wildman–Crippen LogP) is 3.14. The summed E-state index contributed by atoms with van der Waals surface area (Å²) in [4.78, 5) is 0. The molecule has 0 aliphatic carbocycles. The van der Waals surface area contributed by atoms with Crippen LogP contribution in [0.2, 0.25) is 0 Å². The third kappa shape index (κ3) is 7.45. The van der Waals surface area contributed by atoms with Crippen LogP contribution in [0.5, 0.6) is 0 Å². The molecule has 1 rings (SSSR count). The van der Waals surface area contributed by atoms with Crippen LogP contribution in [0.25, 0.3) is 0 Å². The van der Waals surface area contributed by atoms with Gasteiger partial charge in [-0.05, 0) is 44.1 Å². The van der Waals surface area contributed by atoms with Crippen molar-refractivity contribution in [2.24, 2.45) is 5.41 Å². The molecule has 0 aromatic rings. The van der Waals surface area contributed by atoms with E-state index in [4.69, 9.17) is 4.74 Å². The van der Waals surface area contributed by atoms with Gasteiger partial charge >= 0.3 is 6.18 Å². The van der Waals surface area contributed by atoms with Gasteiger partial charge in [0.15, 0.2) is 0 Å². The molecule has 0 unspecified atom stereocenters. The maximum atomic E-state index is 12.0. The van der Waals surface area contributed by atoms with Gasteiger partial charge in [-0.15, -0.1) is 0 Å². The fourth-order valence-electron chi connectivity index (χ4n) is 2.59. The predicted molar refractivity (Wildman–Crippen MR) is 71.8 cm³/mol. The Hall–Kier alpha value is -0.330. The summed E-state index contributed by atoms with van der Waals surface area (Å²) >= 11 is 0. The van der Waals surface area contributed by atoms with Crippen LogP contribution in [0.15, 0.2) is 0 Å². The lowest BCUT2D eigenvalue weighted by Crippen LogP contribution is -2.39. The summed E-state index contributed by atoms with van der Waals surface area (Å²) in [6.07, 6.45) is 0.376. The van der Waals surface area contributed by atoms with Crippen molar-refractivity contribution in [2.75, 3.05) is 39.5 Å². The number of alkyl halides is 3. The average molecular weight is 297 g/mol. The molecule has 120 valence electrons. The first-order valence-corrected chi connectivity index (χ1v) is 7.40. The molecule has 6 heteroatoms. The molecule has 1 heterocycles. The Kier molecular flexibility index (Phi) is 7.84. The fraction of sp³-hybridized carbons (Fsp3) is 1.00. The summed E-state index contributed by atoms with van der Waals surface area (Å²) in [6, 6.07) is 0. The molecular weight excluding hydrogens is 271 g/mol. The zero-order valence-electron chi connectivity index (χ0n) is 12.2. The van der Waals surface area contributed by atoms with Gasteiger partial charge in [-0.1, -0.05) is 6.92 Å². The molecule has 0 saturated carbocycles. The second-order valence-electron chi connectivity index (χ2n) is 5.56. The molecule has 0 spiro atoms. The second kappa shape index (κ2) is 8.85. The average Bonchev–Trinajstić information content (AvgIpc) is 2.38. The first-order chi connectivity index (χ1) is 9.47. The van der Waals surface area contributed by atoms with Gasteiger partial charge < -0.3 is 14.8 Å². The number of rotatable bonds is 9. The summed E-state index contributed by atoms with van der Waals surface area (Å²) in [7, 11) is 0. The Morgan fingerprint density at radius 2 is 1.95 bits per heavy atom. The van der Waals surface area contributed by atoms with E-state index in [2.05, 4.69) is 17.0 Å². The monoisotopic (exact) mass is 297 g/mol. The van der Waals surface area contributed by atoms with Gasteiger partial charge in [0.1, 0.15) is 6.61 Å². The maximum Gasteiger partial charge on any atom is 0.411 e. The van der Waals surface area contributed by atoms with E-state index >= 15 is 0 Å². The fourth-order valence-corrected chi connectivity index (χ4v) is 2.59. The minimum Gasteiger partial charge on any atom is -0.381 e. The highest BCUT2D eigenvalue weighted by atomic mass is 19.4. The number of nitrogens with one attached hydrogen (secondary N) is 1. The molecule has 0 aromatic heterocycles. The highest BCUT2D eigenvalue weighted by Crippen LogP contribution is 2.34. The summed E-state index contributed by atoms with van der Waals surface area (Å²) in [5, 5.41) is 3.43. The van der Waals surface area contributed by atoms with Gasteiger partial charge in [-0.25, -0.2) is 0 Å². The summed E-state index contributed by atoms with van der Waals surface area (Å²) in [5.74, 6) is 0. The van der Waals surface area contributed by atoms with Crippen molar-refractivity contribution < 1.29 is 22.6 Å². The van der Waals surface area contributed by atoms with Crippen molar-refractivity contribution in [2.45, 2.75) is 45.2 Å². The number of hydrogen-bond donors (Lipinski definition) is 1. The molecule has 0 bridgehead atoms. The summed E-state index contributed by atoms with van der Waals surface area (Å²) < 4.78 is 46.0. The van der Waals surface area contributed by atoms with E-state index in [1.165, 1.54) is 0 Å². The van der Waals surface area contributed by atoms with Crippen molar-refractivity contribution in [1.29, 1.82) is 0 Å². The molecule has 0 radical (unpaired) electrons. The number of hydrogen-bond acceptors (Lipinski definition) is 3. The number of ether oxygens (including phenoxy) is 2. The van der Waals surface area contributed by atoms with E-state index in [1.807, 2.05) is 0 Å². The van der Waals surface area contributed by atoms with Crippen molar-refractivity contribution >= 4 is 0 Å². The number of halogens is 3. The van der Waals surface area contributed by atoms with Gasteiger partial charge in [-0.3, -0.25) is 0 Å². The standard InChI is InChI=1S/C14H26F3NO2/c1-2-7-18-11-13(5-9-19-10-6-13)4-3-8-20-12-14(15,16)17/h18H,2-12H2,1H3. The zero-order valence-corrected chi connectivity index (χ0v) is 12.2. The van der Waals surface area contributed by atoms with Crippen LogP contribution in [0.4, 0.5) is 13.2 Å². The Labute approximate surface area is 119 Å². The first kappa shape index (κ1) is 17.7. The van der Waals surface area contributed by atoms with E-state index in [-0.39, 0.29) is 12.0 Å². The van der Waals surface area contributed by atoms with Crippen molar-refractivity contribution in [3.05, 3.63) is 0 Å². The van der Waals surface area contributed by atoms with Crippen molar-refractivity contribution in [3.8, 4) is 0 Å². The van der Waals surface area contributed by atoms with Gasteiger partial charge in [0, 0.05) is 26.4 Å². The van der Waals surface area contributed by atoms with Gasteiger partial charge in [0.2, 0.25) is 0 Å². The Bertz CT molecular complexity index is 253. The molecule has 0 aromatic carbocycles. The van der Waals surface area contributed by atoms with Crippen LogP contribution in [-0.4, -0.2) is 45.7 Å². The van der Waals surface area contributed by atoms with Crippen LogP contribution < -0.4 is 5.32 Å². The van der Waals surface area contributed by atoms with Crippen LogP contribution >= 0.6 is 0 Å². The Balaban J connectivity index is 2.26. The highest BCUT2D eigenvalue weighted by molar-refractivity contribution is 4.84. The lowest BCUT2D eigenvalue weighted by atomic mass is 9.76. The maximum absolute atomic E-state index is 12.0. The summed E-state index contributed by atoms with van der Waals surface area (Å²) in [5.41, 5.74) is 0.162. The van der Waals surface area contributed by atoms with Crippen LogP contribution in [-0.2, 0) is 9.47 Å². The van der Waals surface area contributed by atoms with Gasteiger partial charge in [-0.2, -0.15) is 13.2 Å². The smallest absolute Gasteiger partial charge is 0.381 e. The molecule has 1 aliphatic rings. The topological polar surface area (TPSA) is 30.5 Å². The third-order valence-electron chi connectivity index (χ3n) is 3.74. The van der Waals surface area contributed by atoms with E-state index < -0.39 is 12.8 Å². The molecule has 1 fully saturated rings. The Morgan fingerprint density at radius 1 is 1.25 bits per heavy atom. The van der Waals surface area contributed by atoms with E-state index in [1.54, 1.807) is 0 Å². The largest absolute Gasteiger partial charge is 0.411 e. The third-order valence-corrected chi connectivity index (χ3v) is 3.74. The highest BCUT2D eigenvalue weighted by Gasteiger charge is 2.32. The molecule has 20 heavy (non-hydrogen) atoms. The molecular formula is C14H26F3NO2. The Morgan fingerprint density at radius 3 is 2.55 bits per heavy atom. The molecule has 1 aliphatic heterocycles. The van der Waals surface area contributed by atoms with Crippen LogP contribution in [0.1, 0.15) is 39.0 Å². The van der Waals surface area contributed by atoms with E-state index in [9.17, 15) is 13.2 Å². The van der Waals surface area contributed by atoms with E-state index in [0.29, 0.717) is 6.42 Å². The molecule has 1 N–H and O–H groups in total. The van der Waals surface area contributed by atoms with Gasteiger partial charge in [0.05, 0.1) is 0 Å². The molecule has 3 nitrogen and oxygen atoms in total. The van der Waals surface area contributed by atoms with Gasteiger partial charge in [0.25, 0.3) is 0 Å². The van der Waals surface area contributed by atoms with Crippen molar-refractivity contribution in [1.82, 2.24) is 5.32 Å². The normalized spacial score (nSPS) is 19.2. The quantitative estimate of drug-likeness (QED) is 0.663. The van der Waals surface area contributed by atoms with Crippen LogP contribution in [0, 0.1) is 5.41 Å². The molecule has 0 amide bonds. The minimum atomic E-state index is -4.22.